The molecule has 0 spiro atoms. The van der Waals surface area contributed by atoms with Crippen LogP contribution in [0, 0.1) is 18.6 Å². The predicted molar refractivity (Wildman–Crippen MR) is 77.9 cm³/mol. The van der Waals surface area contributed by atoms with Gasteiger partial charge >= 0.3 is 0 Å². The summed E-state index contributed by atoms with van der Waals surface area (Å²) in [6.07, 6.45) is 0.328. The highest BCUT2D eigenvalue weighted by molar-refractivity contribution is 5.38. The molecule has 1 unspecified atom stereocenters. The summed E-state index contributed by atoms with van der Waals surface area (Å²) in [7, 11) is 1.61. The van der Waals surface area contributed by atoms with E-state index in [9.17, 15) is 8.78 Å². The minimum absolute atomic E-state index is 0.269. The molecule has 21 heavy (non-hydrogen) atoms. The van der Waals surface area contributed by atoms with Crippen LogP contribution in [0.15, 0.2) is 36.4 Å². The zero-order valence-corrected chi connectivity index (χ0v) is 12.0. The van der Waals surface area contributed by atoms with Gasteiger partial charge in [-0.15, -0.1) is 0 Å². The van der Waals surface area contributed by atoms with Gasteiger partial charge < -0.3 is 4.74 Å². The van der Waals surface area contributed by atoms with Crippen molar-refractivity contribution in [1.29, 1.82) is 0 Å². The fourth-order valence-electron chi connectivity index (χ4n) is 2.30. The molecule has 112 valence electrons. The third kappa shape index (κ3) is 3.56. The second-order valence-corrected chi connectivity index (χ2v) is 4.89. The van der Waals surface area contributed by atoms with Gasteiger partial charge in [-0.05, 0) is 42.2 Å². The molecule has 2 aromatic carbocycles. The molecule has 0 saturated heterocycles. The summed E-state index contributed by atoms with van der Waals surface area (Å²) in [5, 5.41) is 0. The van der Waals surface area contributed by atoms with Gasteiger partial charge in [-0.2, -0.15) is 0 Å². The second-order valence-electron chi connectivity index (χ2n) is 4.89. The molecule has 2 rings (SSSR count). The number of hydrazine groups is 1. The Morgan fingerprint density at radius 1 is 1.19 bits per heavy atom. The van der Waals surface area contributed by atoms with E-state index in [1.165, 1.54) is 12.1 Å². The smallest absolute Gasteiger partial charge is 0.129 e. The normalized spacial score (nSPS) is 12.2. The number of halogens is 2. The predicted octanol–water partition coefficient (Wildman–Crippen LogP) is 3.03. The lowest BCUT2D eigenvalue weighted by atomic mass is 9.97. The number of nitrogens with two attached hydrogens (primary N) is 1. The number of benzene rings is 2. The molecule has 0 radical (unpaired) electrons. The maximum atomic E-state index is 13.7. The van der Waals surface area contributed by atoms with Gasteiger partial charge in [-0.3, -0.25) is 11.3 Å². The second kappa shape index (κ2) is 6.65. The number of methoxy groups -OCH3 is 1. The summed E-state index contributed by atoms with van der Waals surface area (Å²) in [5.41, 5.74) is 4.97. The molecule has 0 bridgehead atoms. The Balaban J connectivity index is 2.25. The van der Waals surface area contributed by atoms with E-state index in [2.05, 4.69) is 5.43 Å². The van der Waals surface area contributed by atoms with Gasteiger partial charge in [0.1, 0.15) is 17.4 Å². The Kier molecular flexibility index (Phi) is 4.88. The molecule has 0 aromatic heterocycles. The molecule has 5 heteroatoms. The van der Waals surface area contributed by atoms with E-state index < -0.39 is 11.6 Å². The van der Waals surface area contributed by atoms with Crippen LogP contribution < -0.4 is 16.0 Å². The van der Waals surface area contributed by atoms with Gasteiger partial charge in [-0.25, -0.2) is 8.78 Å². The summed E-state index contributed by atoms with van der Waals surface area (Å²) in [4.78, 5) is 0. The third-order valence-electron chi connectivity index (χ3n) is 3.46. The molecule has 0 aliphatic rings. The van der Waals surface area contributed by atoms with Crippen LogP contribution in [0.2, 0.25) is 0 Å². The Bertz CT molecular complexity index is 632. The van der Waals surface area contributed by atoms with E-state index in [-0.39, 0.29) is 6.04 Å². The molecule has 2 aromatic rings. The Morgan fingerprint density at radius 3 is 2.52 bits per heavy atom. The van der Waals surface area contributed by atoms with Crippen molar-refractivity contribution >= 4 is 0 Å². The number of hydrogen-bond donors (Lipinski definition) is 2. The largest absolute Gasteiger partial charge is 0.496 e. The Hall–Kier alpha value is -1.98. The summed E-state index contributed by atoms with van der Waals surface area (Å²) in [6, 6.07) is 8.94. The monoisotopic (exact) mass is 292 g/mol. The quantitative estimate of drug-likeness (QED) is 0.658. The molecule has 3 nitrogen and oxygen atoms in total. The van der Waals surface area contributed by atoms with Gasteiger partial charge in [0.15, 0.2) is 0 Å². The van der Waals surface area contributed by atoms with Gasteiger partial charge in [0.05, 0.1) is 13.2 Å². The maximum Gasteiger partial charge on any atom is 0.129 e. The fourth-order valence-corrected chi connectivity index (χ4v) is 2.30. The molecule has 0 fully saturated rings. The number of hydrogen-bond acceptors (Lipinski definition) is 3. The molecule has 0 aliphatic carbocycles. The molecule has 0 heterocycles. The zero-order valence-electron chi connectivity index (χ0n) is 12.0. The van der Waals surface area contributed by atoms with Gasteiger partial charge in [-0.1, -0.05) is 18.2 Å². The topological polar surface area (TPSA) is 47.3 Å². The van der Waals surface area contributed by atoms with Crippen molar-refractivity contribution in [1.82, 2.24) is 5.43 Å². The highest BCUT2D eigenvalue weighted by Crippen LogP contribution is 2.25. The lowest BCUT2D eigenvalue weighted by Crippen LogP contribution is -2.29. The first-order chi connectivity index (χ1) is 10.0. The molecular formula is C16H18F2N2O. The van der Waals surface area contributed by atoms with E-state index in [1.54, 1.807) is 7.11 Å². The molecule has 0 amide bonds. The standard InChI is InChI=1S/C16H18F2N2O/c1-10-7-12(4-6-16(10)21-2)15(20-19)8-11-3-5-13(17)9-14(11)18/h3-7,9,15,20H,8,19H2,1-2H3. The van der Waals surface area contributed by atoms with Crippen molar-refractivity contribution in [2.75, 3.05) is 7.11 Å². The average molecular weight is 292 g/mol. The Morgan fingerprint density at radius 2 is 1.95 bits per heavy atom. The van der Waals surface area contributed by atoms with Gasteiger partial charge in [0.25, 0.3) is 0 Å². The lowest BCUT2D eigenvalue weighted by molar-refractivity contribution is 0.411. The zero-order chi connectivity index (χ0) is 15.4. The van der Waals surface area contributed by atoms with Crippen LogP contribution in [-0.4, -0.2) is 7.11 Å². The summed E-state index contributed by atoms with van der Waals surface area (Å²) in [5.74, 6) is 5.20. The van der Waals surface area contributed by atoms with Crippen molar-refractivity contribution in [2.24, 2.45) is 5.84 Å². The molecule has 1 atom stereocenters. The van der Waals surface area contributed by atoms with Crippen molar-refractivity contribution < 1.29 is 13.5 Å². The maximum absolute atomic E-state index is 13.7. The summed E-state index contributed by atoms with van der Waals surface area (Å²) < 4.78 is 31.9. The van der Waals surface area contributed by atoms with E-state index in [1.807, 2.05) is 25.1 Å². The van der Waals surface area contributed by atoms with E-state index in [4.69, 9.17) is 10.6 Å². The van der Waals surface area contributed by atoms with Crippen LogP contribution in [-0.2, 0) is 6.42 Å². The highest BCUT2D eigenvalue weighted by atomic mass is 19.1. The first-order valence-electron chi connectivity index (χ1n) is 6.59. The summed E-state index contributed by atoms with van der Waals surface area (Å²) >= 11 is 0. The first-order valence-corrected chi connectivity index (χ1v) is 6.59. The third-order valence-corrected chi connectivity index (χ3v) is 3.46. The van der Waals surface area contributed by atoms with Crippen LogP contribution in [0.4, 0.5) is 8.78 Å². The average Bonchev–Trinajstić information content (AvgIpc) is 2.46. The Labute approximate surface area is 122 Å². The van der Waals surface area contributed by atoms with Crippen molar-refractivity contribution in [2.45, 2.75) is 19.4 Å². The number of ether oxygens (including phenoxy) is 1. The van der Waals surface area contributed by atoms with Gasteiger partial charge in [0, 0.05) is 6.07 Å². The van der Waals surface area contributed by atoms with Crippen LogP contribution in [0.1, 0.15) is 22.7 Å². The van der Waals surface area contributed by atoms with Crippen molar-refractivity contribution in [3.8, 4) is 5.75 Å². The van der Waals surface area contributed by atoms with Gasteiger partial charge in [0.2, 0.25) is 0 Å². The van der Waals surface area contributed by atoms with Crippen LogP contribution in [0.5, 0.6) is 5.75 Å². The van der Waals surface area contributed by atoms with Crippen molar-refractivity contribution in [3.05, 3.63) is 64.7 Å². The molecule has 3 N–H and O–H groups in total. The van der Waals surface area contributed by atoms with E-state index in [0.717, 1.165) is 22.9 Å². The van der Waals surface area contributed by atoms with Crippen LogP contribution >= 0.6 is 0 Å². The minimum Gasteiger partial charge on any atom is -0.496 e. The minimum atomic E-state index is -0.589. The number of rotatable bonds is 5. The fraction of sp³-hybridized carbons (Fsp3) is 0.250. The first kappa shape index (κ1) is 15.4. The molecule has 0 aliphatic heterocycles. The van der Waals surface area contributed by atoms with Crippen LogP contribution in [0.25, 0.3) is 0 Å². The van der Waals surface area contributed by atoms with Crippen LogP contribution in [0.3, 0.4) is 0 Å². The van der Waals surface area contributed by atoms with E-state index in [0.29, 0.717) is 12.0 Å². The van der Waals surface area contributed by atoms with E-state index >= 15 is 0 Å². The SMILES string of the molecule is COc1ccc(C(Cc2ccc(F)cc2F)NN)cc1C. The summed E-state index contributed by atoms with van der Waals surface area (Å²) in [6.45, 7) is 1.92. The molecular weight excluding hydrogens is 274 g/mol. The lowest BCUT2D eigenvalue weighted by Gasteiger charge is -2.18. The molecule has 0 saturated carbocycles. The number of aryl methyl sites for hydroxylation is 1. The highest BCUT2D eigenvalue weighted by Gasteiger charge is 2.15. The number of nitrogens with one attached hydrogen (secondary N) is 1. The van der Waals surface area contributed by atoms with Crippen molar-refractivity contribution in [3.63, 3.8) is 0 Å².